The number of halogens is 2. The maximum Gasteiger partial charge on any atom is 0.311 e. The molecule has 1 N–H and O–H groups in total. The summed E-state index contributed by atoms with van der Waals surface area (Å²) in [6.07, 6.45) is 0.248. The van der Waals surface area contributed by atoms with Gasteiger partial charge in [-0.2, -0.15) is 0 Å². The van der Waals surface area contributed by atoms with Gasteiger partial charge in [-0.05, 0) is 35.7 Å². The van der Waals surface area contributed by atoms with Crippen LogP contribution in [0.25, 0.3) is 0 Å². The molecule has 0 fully saturated rings. The zero-order chi connectivity index (χ0) is 13.8. The van der Waals surface area contributed by atoms with Gasteiger partial charge >= 0.3 is 5.97 Å². The van der Waals surface area contributed by atoms with Crippen LogP contribution < -0.4 is 0 Å². The van der Waals surface area contributed by atoms with Crippen molar-refractivity contribution >= 4 is 21.9 Å². The quantitative estimate of drug-likeness (QED) is 0.923. The minimum Gasteiger partial charge on any atom is -0.481 e. The van der Waals surface area contributed by atoms with Crippen molar-refractivity contribution in [3.8, 4) is 0 Å². The van der Waals surface area contributed by atoms with E-state index in [0.29, 0.717) is 11.1 Å². The van der Waals surface area contributed by atoms with Gasteiger partial charge in [-0.15, -0.1) is 0 Å². The molecule has 0 aliphatic heterocycles. The van der Waals surface area contributed by atoms with E-state index < -0.39 is 11.9 Å². The molecule has 2 aromatic carbocycles. The van der Waals surface area contributed by atoms with Gasteiger partial charge in [0.05, 0.1) is 5.92 Å². The van der Waals surface area contributed by atoms with Gasteiger partial charge in [-0.1, -0.05) is 46.3 Å². The van der Waals surface area contributed by atoms with Crippen molar-refractivity contribution in [3.63, 3.8) is 0 Å². The molecular formula is C15H12BrFO2. The van der Waals surface area contributed by atoms with Crippen molar-refractivity contribution in [1.82, 2.24) is 0 Å². The van der Waals surface area contributed by atoms with E-state index in [4.69, 9.17) is 0 Å². The summed E-state index contributed by atoms with van der Waals surface area (Å²) in [6, 6.07) is 13.3. The average molecular weight is 323 g/mol. The summed E-state index contributed by atoms with van der Waals surface area (Å²) in [5.41, 5.74) is 1.36. The fourth-order valence-corrected chi connectivity index (χ4v) is 2.36. The first-order chi connectivity index (χ1) is 9.08. The third-order valence-electron chi connectivity index (χ3n) is 2.93. The predicted octanol–water partition coefficient (Wildman–Crippen LogP) is 4.00. The highest BCUT2D eigenvalue weighted by molar-refractivity contribution is 9.10. The van der Waals surface area contributed by atoms with Gasteiger partial charge in [0.15, 0.2) is 0 Å². The summed E-state index contributed by atoms with van der Waals surface area (Å²) in [5, 5.41) is 9.34. The minimum atomic E-state index is -0.914. The molecule has 1 atom stereocenters. The lowest BCUT2D eigenvalue weighted by Gasteiger charge is -2.14. The van der Waals surface area contributed by atoms with E-state index >= 15 is 0 Å². The number of hydrogen-bond acceptors (Lipinski definition) is 1. The average Bonchev–Trinajstić information content (AvgIpc) is 2.40. The predicted molar refractivity (Wildman–Crippen MR) is 74.6 cm³/mol. The lowest BCUT2D eigenvalue weighted by molar-refractivity contribution is -0.138. The molecule has 2 aromatic rings. The standard InChI is InChI=1S/C15H12BrFO2/c16-14-7-6-12(17)8-11(14)9-13(15(18)19)10-4-2-1-3-5-10/h1-8,13H,9H2,(H,18,19). The Morgan fingerprint density at radius 2 is 1.89 bits per heavy atom. The molecule has 4 heteroatoms. The molecule has 0 aliphatic rings. The van der Waals surface area contributed by atoms with Gasteiger partial charge in [0.1, 0.15) is 5.82 Å². The molecule has 0 spiro atoms. The van der Waals surface area contributed by atoms with Crippen molar-refractivity contribution in [2.75, 3.05) is 0 Å². The lowest BCUT2D eigenvalue weighted by Crippen LogP contribution is -2.14. The van der Waals surface area contributed by atoms with Gasteiger partial charge in [0, 0.05) is 4.47 Å². The van der Waals surface area contributed by atoms with Crippen LogP contribution in [0.5, 0.6) is 0 Å². The molecule has 2 nitrogen and oxygen atoms in total. The molecule has 0 amide bonds. The minimum absolute atomic E-state index is 0.248. The van der Waals surface area contributed by atoms with Gasteiger partial charge < -0.3 is 5.11 Å². The second kappa shape index (κ2) is 5.97. The number of carboxylic acid groups (broad SMARTS) is 1. The van der Waals surface area contributed by atoms with Crippen LogP contribution in [0.15, 0.2) is 53.0 Å². The van der Waals surface area contributed by atoms with Crippen molar-refractivity contribution < 1.29 is 14.3 Å². The Labute approximate surface area is 119 Å². The molecule has 0 heterocycles. The van der Waals surface area contributed by atoms with Gasteiger partial charge in [-0.3, -0.25) is 4.79 Å². The monoisotopic (exact) mass is 322 g/mol. The first-order valence-corrected chi connectivity index (χ1v) is 6.59. The molecule has 0 saturated heterocycles. The highest BCUT2D eigenvalue weighted by Crippen LogP contribution is 2.26. The van der Waals surface area contributed by atoms with Crippen LogP contribution >= 0.6 is 15.9 Å². The Bertz CT molecular complexity index is 584. The third-order valence-corrected chi connectivity index (χ3v) is 3.71. The summed E-state index contributed by atoms with van der Waals surface area (Å²) >= 11 is 3.32. The van der Waals surface area contributed by atoms with Gasteiger partial charge in [0.2, 0.25) is 0 Å². The second-order valence-corrected chi connectivity index (χ2v) is 5.10. The van der Waals surface area contributed by atoms with Crippen molar-refractivity contribution in [2.24, 2.45) is 0 Å². The number of carboxylic acids is 1. The molecule has 2 rings (SSSR count). The smallest absolute Gasteiger partial charge is 0.311 e. The maximum atomic E-state index is 13.2. The summed E-state index contributed by atoms with van der Waals surface area (Å²) < 4.78 is 14.0. The molecule has 1 unspecified atom stereocenters. The van der Waals surface area contributed by atoms with Gasteiger partial charge in [0.25, 0.3) is 0 Å². The van der Waals surface area contributed by atoms with Crippen molar-refractivity contribution in [2.45, 2.75) is 12.3 Å². The Balaban J connectivity index is 2.32. The summed E-state index contributed by atoms with van der Waals surface area (Å²) in [4.78, 5) is 11.4. The topological polar surface area (TPSA) is 37.3 Å². The summed E-state index contributed by atoms with van der Waals surface area (Å²) in [6.45, 7) is 0. The number of aliphatic carboxylic acids is 1. The van der Waals surface area contributed by atoms with Crippen molar-refractivity contribution in [1.29, 1.82) is 0 Å². The van der Waals surface area contributed by atoms with Crippen LogP contribution in [0.4, 0.5) is 4.39 Å². The fraction of sp³-hybridized carbons (Fsp3) is 0.133. The maximum absolute atomic E-state index is 13.2. The lowest BCUT2D eigenvalue weighted by atomic mass is 9.92. The van der Waals surface area contributed by atoms with E-state index in [1.165, 1.54) is 12.1 Å². The number of carbonyl (C=O) groups is 1. The Hall–Kier alpha value is -1.68. The van der Waals surface area contributed by atoms with Crippen LogP contribution in [-0.4, -0.2) is 11.1 Å². The van der Waals surface area contributed by atoms with Crippen LogP contribution in [-0.2, 0) is 11.2 Å². The highest BCUT2D eigenvalue weighted by Gasteiger charge is 2.21. The fourth-order valence-electron chi connectivity index (χ4n) is 1.95. The van der Waals surface area contributed by atoms with Crippen LogP contribution in [0.1, 0.15) is 17.0 Å². The van der Waals surface area contributed by atoms with E-state index in [1.54, 1.807) is 30.3 Å². The molecular weight excluding hydrogens is 311 g/mol. The van der Waals surface area contributed by atoms with E-state index in [2.05, 4.69) is 15.9 Å². The first kappa shape index (κ1) is 13.7. The van der Waals surface area contributed by atoms with E-state index in [0.717, 1.165) is 4.47 Å². The molecule has 0 saturated carbocycles. The number of benzene rings is 2. The van der Waals surface area contributed by atoms with Gasteiger partial charge in [-0.25, -0.2) is 4.39 Å². The zero-order valence-electron chi connectivity index (χ0n) is 10.0. The zero-order valence-corrected chi connectivity index (χ0v) is 11.6. The van der Waals surface area contributed by atoms with E-state index in [9.17, 15) is 14.3 Å². The molecule has 98 valence electrons. The Morgan fingerprint density at radius 1 is 1.21 bits per heavy atom. The van der Waals surface area contributed by atoms with Crippen LogP contribution in [0.3, 0.4) is 0 Å². The number of rotatable bonds is 4. The second-order valence-electron chi connectivity index (χ2n) is 4.24. The Morgan fingerprint density at radius 3 is 2.53 bits per heavy atom. The largest absolute Gasteiger partial charge is 0.481 e. The van der Waals surface area contributed by atoms with E-state index in [-0.39, 0.29) is 12.2 Å². The summed E-state index contributed by atoms with van der Waals surface area (Å²) in [5.74, 6) is -1.96. The normalized spacial score (nSPS) is 12.1. The SMILES string of the molecule is O=C(O)C(Cc1cc(F)ccc1Br)c1ccccc1. The van der Waals surface area contributed by atoms with Crippen molar-refractivity contribution in [3.05, 3.63) is 69.9 Å². The third kappa shape index (κ3) is 3.41. The Kier molecular flexibility index (Phi) is 4.32. The molecule has 19 heavy (non-hydrogen) atoms. The molecule has 0 radical (unpaired) electrons. The molecule has 0 aliphatic carbocycles. The molecule has 0 bridgehead atoms. The molecule has 0 aromatic heterocycles. The van der Waals surface area contributed by atoms with Crippen LogP contribution in [0.2, 0.25) is 0 Å². The van der Waals surface area contributed by atoms with Crippen LogP contribution in [0, 0.1) is 5.82 Å². The highest BCUT2D eigenvalue weighted by atomic mass is 79.9. The first-order valence-electron chi connectivity index (χ1n) is 5.79. The summed E-state index contributed by atoms with van der Waals surface area (Å²) in [7, 11) is 0. The number of hydrogen-bond donors (Lipinski definition) is 1. The van der Waals surface area contributed by atoms with E-state index in [1.807, 2.05) is 6.07 Å².